The number of amides is 1. The Morgan fingerprint density at radius 3 is 2.87 bits per heavy atom. The topological polar surface area (TPSA) is 129 Å². The number of ether oxygens (including phenoxy) is 1. The van der Waals surface area contributed by atoms with Crippen molar-refractivity contribution in [1.82, 2.24) is 34.6 Å². The quantitative estimate of drug-likeness (QED) is 0.489. The van der Waals surface area contributed by atoms with Crippen molar-refractivity contribution in [2.45, 2.75) is 19.3 Å². The molecule has 1 N–H and O–H groups in total. The Hall–Kier alpha value is -3.89. The van der Waals surface area contributed by atoms with Gasteiger partial charge in [-0.1, -0.05) is 0 Å². The van der Waals surface area contributed by atoms with Crippen molar-refractivity contribution in [3.63, 3.8) is 0 Å². The molecule has 0 bridgehead atoms. The maximum Gasteiger partial charge on any atom is 0.286 e. The number of carbonyl (C=O) groups excluding carboxylic acids is 1. The first-order valence-electron chi connectivity index (χ1n) is 9.47. The van der Waals surface area contributed by atoms with Gasteiger partial charge in [-0.15, -0.1) is 10.2 Å². The molecular formula is C19H18N8O3. The van der Waals surface area contributed by atoms with Crippen LogP contribution in [0.5, 0.6) is 5.75 Å². The van der Waals surface area contributed by atoms with Crippen LogP contribution in [0.3, 0.4) is 0 Å². The molecule has 0 atom stereocenters. The van der Waals surface area contributed by atoms with Gasteiger partial charge in [-0.3, -0.25) is 14.0 Å². The molecule has 0 radical (unpaired) electrons. The number of pyridine rings is 1. The number of aryl methyl sites for hydroxylation is 1. The number of anilines is 1. The highest BCUT2D eigenvalue weighted by atomic mass is 16.5. The number of fused-ring (bicyclic) bond motifs is 2. The van der Waals surface area contributed by atoms with Crippen LogP contribution in [0.15, 0.2) is 29.3 Å². The third-order valence-corrected chi connectivity index (χ3v) is 5.01. The Labute approximate surface area is 169 Å². The van der Waals surface area contributed by atoms with Gasteiger partial charge in [0.05, 0.1) is 18.9 Å². The number of aromatic nitrogens is 7. The molecule has 1 aliphatic carbocycles. The lowest BCUT2D eigenvalue weighted by molar-refractivity contribution is -0.116. The number of methoxy groups -OCH3 is 1. The van der Waals surface area contributed by atoms with E-state index in [9.17, 15) is 9.59 Å². The van der Waals surface area contributed by atoms with E-state index >= 15 is 0 Å². The van der Waals surface area contributed by atoms with E-state index < -0.39 is 0 Å². The fourth-order valence-electron chi connectivity index (χ4n) is 3.35. The summed E-state index contributed by atoms with van der Waals surface area (Å²) in [7, 11) is 3.21. The summed E-state index contributed by atoms with van der Waals surface area (Å²) < 4.78 is 6.91. The Kier molecular flexibility index (Phi) is 4.16. The molecule has 1 saturated carbocycles. The minimum Gasteiger partial charge on any atom is -0.492 e. The fourth-order valence-corrected chi connectivity index (χ4v) is 3.35. The molecule has 0 saturated heterocycles. The zero-order chi connectivity index (χ0) is 20.8. The van der Waals surface area contributed by atoms with Crippen molar-refractivity contribution in [3.8, 4) is 17.0 Å². The van der Waals surface area contributed by atoms with Crippen LogP contribution in [0.4, 0.5) is 5.82 Å². The molecular weight excluding hydrogens is 388 g/mol. The minimum atomic E-state index is -0.387. The predicted octanol–water partition coefficient (Wildman–Crippen LogP) is 1.18. The predicted molar refractivity (Wildman–Crippen MR) is 107 cm³/mol. The highest BCUT2D eigenvalue weighted by Gasteiger charge is 2.24. The third kappa shape index (κ3) is 3.13. The van der Waals surface area contributed by atoms with Crippen LogP contribution < -0.4 is 15.6 Å². The maximum absolute atomic E-state index is 12.9. The van der Waals surface area contributed by atoms with E-state index in [1.807, 2.05) is 0 Å². The summed E-state index contributed by atoms with van der Waals surface area (Å²) >= 11 is 0. The molecule has 1 aliphatic rings. The molecule has 0 spiro atoms. The highest BCUT2D eigenvalue weighted by molar-refractivity contribution is 5.91. The van der Waals surface area contributed by atoms with Crippen molar-refractivity contribution in [2.75, 3.05) is 12.4 Å². The molecule has 4 aromatic rings. The Balaban J connectivity index is 1.64. The second-order valence-corrected chi connectivity index (χ2v) is 7.25. The van der Waals surface area contributed by atoms with Gasteiger partial charge in [0.15, 0.2) is 22.7 Å². The Morgan fingerprint density at radius 1 is 1.33 bits per heavy atom. The van der Waals surface area contributed by atoms with E-state index in [-0.39, 0.29) is 22.8 Å². The van der Waals surface area contributed by atoms with Gasteiger partial charge in [-0.2, -0.15) is 15.0 Å². The summed E-state index contributed by atoms with van der Waals surface area (Å²) in [4.78, 5) is 31.0. The van der Waals surface area contributed by atoms with Crippen LogP contribution in [0.2, 0.25) is 0 Å². The van der Waals surface area contributed by atoms with E-state index in [0.29, 0.717) is 40.5 Å². The normalized spacial score (nSPS) is 13.7. The lowest BCUT2D eigenvalue weighted by atomic mass is 10.2. The van der Waals surface area contributed by atoms with Gasteiger partial charge in [0.1, 0.15) is 11.2 Å². The average Bonchev–Trinajstić information content (AvgIpc) is 3.43. The molecule has 0 unspecified atom stereocenters. The standard InChI is InChI=1S/C19H18N8O3/c1-26-20-9-13(25-26)11-5-6-27-18(17(11)30-2)21-12-8-14(23-24-16(12)19(27)29)22-15(28)7-10-3-4-10/h5-6,8-10H,3-4,7H2,1-2H3,(H,22,23,28). The number of hydrogen-bond donors (Lipinski definition) is 1. The first-order chi connectivity index (χ1) is 14.5. The zero-order valence-corrected chi connectivity index (χ0v) is 16.4. The van der Waals surface area contributed by atoms with Crippen molar-refractivity contribution >= 4 is 28.4 Å². The molecule has 152 valence electrons. The van der Waals surface area contributed by atoms with Crippen LogP contribution in [0.1, 0.15) is 19.3 Å². The van der Waals surface area contributed by atoms with Gasteiger partial charge in [-0.05, 0) is 24.8 Å². The Morgan fingerprint density at radius 2 is 2.17 bits per heavy atom. The Bertz CT molecular complexity index is 1360. The first kappa shape index (κ1) is 18.2. The van der Waals surface area contributed by atoms with Crippen LogP contribution in [0, 0.1) is 5.92 Å². The van der Waals surface area contributed by atoms with Crippen molar-refractivity contribution in [2.24, 2.45) is 13.0 Å². The summed E-state index contributed by atoms with van der Waals surface area (Å²) in [6.07, 6.45) is 5.81. The summed E-state index contributed by atoms with van der Waals surface area (Å²) in [5, 5.41) is 19.1. The molecule has 0 aliphatic heterocycles. The van der Waals surface area contributed by atoms with Gasteiger partial charge < -0.3 is 10.1 Å². The SMILES string of the molecule is COc1c(-c2cnn(C)n2)ccn2c(=O)c3nnc(NC(=O)CC4CC4)cc3nc12. The van der Waals surface area contributed by atoms with Crippen molar-refractivity contribution in [1.29, 1.82) is 0 Å². The minimum absolute atomic E-state index is 0.0991. The van der Waals surface area contributed by atoms with Gasteiger partial charge in [0.25, 0.3) is 5.56 Å². The number of nitrogens with zero attached hydrogens (tertiary/aromatic N) is 7. The summed E-state index contributed by atoms with van der Waals surface area (Å²) in [5.41, 5.74) is 1.57. The fraction of sp³-hybridized carbons (Fsp3) is 0.316. The summed E-state index contributed by atoms with van der Waals surface area (Å²) in [6, 6.07) is 3.26. The number of hydrogen-bond acceptors (Lipinski definition) is 8. The van der Waals surface area contributed by atoms with Crippen LogP contribution in [-0.2, 0) is 11.8 Å². The second-order valence-electron chi connectivity index (χ2n) is 7.25. The number of rotatable bonds is 5. The average molecular weight is 406 g/mol. The van der Waals surface area contributed by atoms with E-state index in [4.69, 9.17) is 4.74 Å². The van der Waals surface area contributed by atoms with E-state index in [1.54, 1.807) is 31.6 Å². The van der Waals surface area contributed by atoms with Crippen LogP contribution in [0.25, 0.3) is 27.9 Å². The molecule has 0 aromatic carbocycles. The largest absolute Gasteiger partial charge is 0.492 e. The lowest BCUT2D eigenvalue weighted by Gasteiger charge is -2.11. The third-order valence-electron chi connectivity index (χ3n) is 5.01. The maximum atomic E-state index is 12.9. The van der Waals surface area contributed by atoms with Gasteiger partial charge in [0.2, 0.25) is 5.91 Å². The first-order valence-corrected chi connectivity index (χ1v) is 9.47. The molecule has 5 rings (SSSR count). The van der Waals surface area contributed by atoms with E-state index in [1.165, 1.54) is 16.3 Å². The summed E-state index contributed by atoms with van der Waals surface area (Å²) in [5.74, 6) is 0.974. The highest BCUT2D eigenvalue weighted by Crippen LogP contribution is 2.33. The van der Waals surface area contributed by atoms with Crippen molar-refractivity contribution in [3.05, 3.63) is 34.9 Å². The summed E-state index contributed by atoms with van der Waals surface area (Å²) in [6.45, 7) is 0. The smallest absolute Gasteiger partial charge is 0.286 e. The molecule has 1 fully saturated rings. The second kappa shape index (κ2) is 6.87. The monoisotopic (exact) mass is 406 g/mol. The van der Waals surface area contributed by atoms with Crippen LogP contribution in [-0.4, -0.2) is 47.6 Å². The number of carbonyl (C=O) groups is 1. The lowest BCUT2D eigenvalue weighted by Crippen LogP contribution is -2.19. The van der Waals surface area contributed by atoms with Gasteiger partial charge >= 0.3 is 0 Å². The molecule has 4 heterocycles. The van der Waals surface area contributed by atoms with E-state index in [0.717, 1.165) is 12.8 Å². The molecule has 11 heteroatoms. The zero-order valence-electron chi connectivity index (χ0n) is 16.4. The molecule has 1 amide bonds. The van der Waals surface area contributed by atoms with Gasteiger partial charge in [0, 0.05) is 25.7 Å². The van der Waals surface area contributed by atoms with Crippen LogP contribution >= 0.6 is 0 Å². The molecule has 30 heavy (non-hydrogen) atoms. The van der Waals surface area contributed by atoms with E-state index in [2.05, 4.69) is 30.7 Å². The molecule has 4 aromatic heterocycles. The molecule has 11 nitrogen and oxygen atoms in total. The van der Waals surface area contributed by atoms with Gasteiger partial charge in [-0.25, -0.2) is 4.98 Å². The van der Waals surface area contributed by atoms with Crippen molar-refractivity contribution < 1.29 is 9.53 Å². The number of nitrogens with one attached hydrogen (secondary N) is 1.